The quantitative estimate of drug-likeness (QED) is 0.528. The molecule has 0 spiro atoms. The Labute approximate surface area is 84.9 Å². The molecule has 0 aromatic carbocycles. The summed E-state index contributed by atoms with van der Waals surface area (Å²) < 4.78 is 0. The highest BCUT2D eigenvalue weighted by Gasteiger charge is 2.21. The zero-order valence-corrected chi connectivity index (χ0v) is 9.05. The van der Waals surface area contributed by atoms with Crippen molar-refractivity contribution in [1.82, 2.24) is 10.2 Å². The lowest BCUT2D eigenvalue weighted by Gasteiger charge is -1.90. The number of hydrogen-bond donors (Lipinski definition) is 1. The zero-order chi connectivity index (χ0) is 9.14. The van der Waals surface area contributed by atoms with Crippen molar-refractivity contribution in [3.8, 4) is 0 Å². The van der Waals surface area contributed by atoms with Gasteiger partial charge in [0, 0.05) is 0 Å². The van der Waals surface area contributed by atoms with Gasteiger partial charge in [-0.25, -0.2) is 0 Å². The number of nitrogens with one attached hydrogen (secondary N) is 1. The molecule has 1 N–H and O–H groups in total. The molecular formula is C5H5Br2N3O2. The van der Waals surface area contributed by atoms with Crippen LogP contribution in [0.4, 0.5) is 5.69 Å². The van der Waals surface area contributed by atoms with E-state index in [2.05, 4.69) is 42.1 Å². The number of aromatic nitrogens is 2. The lowest BCUT2D eigenvalue weighted by molar-refractivity contribution is -0.386. The van der Waals surface area contributed by atoms with Crippen LogP contribution in [0.5, 0.6) is 0 Å². The fraction of sp³-hybridized carbons (Fsp3) is 0.400. The van der Waals surface area contributed by atoms with E-state index in [1.165, 1.54) is 0 Å². The standard InChI is InChI=1S/C5H5Br2N3O2/c6-1-3-5(10(11)12)4(2-7)9-8-3/h1-2H2,(H,8,9). The van der Waals surface area contributed by atoms with Crippen molar-refractivity contribution in [2.24, 2.45) is 0 Å². The van der Waals surface area contributed by atoms with Crippen LogP contribution in [0.2, 0.25) is 0 Å². The van der Waals surface area contributed by atoms with Crippen LogP contribution in [0.15, 0.2) is 0 Å². The molecule has 0 atom stereocenters. The van der Waals surface area contributed by atoms with Crippen LogP contribution < -0.4 is 0 Å². The Morgan fingerprint density at radius 3 is 2.58 bits per heavy atom. The third-order valence-corrected chi connectivity index (χ3v) is 2.42. The molecule has 1 heterocycles. The topological polar surface area (TPSA) is 71.8 Å². The van der Waals surface area contributed by atoms with Gasteiger partial charge in [0.2, 0.25) is 0 Å². The molecule has 0 aliphatic heterocycles. The van der Waals surface area contributed by atoms with Gasteiger partial charge in [-0.1, -0.05) is 31.9 Å². The van der Waals surface area contributed by atoms with E-state index in [9.17, 15) is 10.1 Å². The smallest absolute Gasteiger partial charge is 0.274 e. The van der Waals surface area contributed by atoms with Crippen LogP contribution in [0, 0.1) is 10.1 Å². The molecule has 0 saturated carbocycles. The lowest BCUT2D eigenvalue weighted by atomic mass is 10.3. The van der Waals surface area contributed by atoms with E-state index < -0.39 is 4.92 Å². The second-order valence-electron chi connectivity index (χ2n) is 2.02. The van der Waals surface area contributed by atoms with Crippen molar-refractivity contribution >= 4 is 37.5 Å². The van der Waals surface area contributed by atoms with Gasteiger partial charge in [0.25, 0.3) is 0 Å². The minimum atomic E-state index is -0.434. The Hall–Kier alpha value is -0.430. The SMILES string of the molecule is O=[N+]([O-])c1c(CBr)n[nH]c1CBr. The van der Waals surface area contributed by atoms with Gasteiger partial charge < -0.3 is 0 Å². The fourth-order valence-electron chi connectivity index (χ4n) is 0.817. The first-order chi connectivity index (χ1) is 5.70. The summed E-state index contributed by atoms with van der Waals surface area (Å²) in [5.41, 5.74) is 0.979. The molecule has 12 heavy (non-hydrogen) atoms. The van der Waals surface area contributed by atoms with Crippen LogP contribution in [-0.4, -0.2) is 15.1 Å². The van der Waals surface area contributed by atoms with Crippen molar-refractivity contribution in [3.63, 3.8) is 0 Å². The summed E-state index contributed by atoms with van der Waals surface area (Å²) in [5.74, 6) is 0. The Morgan fingerprint density at radius 2 is 2.17 bits per heavy atom. The van der Waals surface area contributed by atoms with E-state index in [0.29, 0.717) is 22.0 Å². The number of hydrogen-bond acceptors (Lipinski definition) is 3. The molecule has 1 aromatic heterocycles. The highest BCUT2D eigenvalue weighted by atomic mass is 79.9. The van der Waals surface area contributed by atoms with E-state index in [1.54, 1.807) is 0 Å². The van der Waals surface area contributed by atoms with Crippen LogP contribution in [0.1, 0.15) is 11.4 Å². The molecular weight excluding hydrogens is 294 g/mol. The van der Waals surface area contributed by atoms with E-state index in [4.69, 9.17) is 0 Å². The molecule has 0 bridgehead atoms. The molecule has 7 heteroatoms. The number of H-pyrrole nitrogens is 1. The zero-order valence-electron chi connectivity index (χ0n) is 5.88. The summed E-state index contributed by atoms with van der Waals surface area (Å²) in [6.07, 6.45) is 0. The third-order valence-electron chi connectivity index (χ3n) is 1.33. The van der Waals surface area contributed by atoms with E-state index >= 15 is 0 Å². The Balaban J connectivity index is 3.16. The number of alkyl halides is 2. The van der Waals surface area contributed by atoms with E-state index in [1.807, 2.05) is 0 Å². The number of aromatic amines is 1. The summed E-state index contributed by atoms with van der Waals surface area (Å²) in [5, 5.41) is 17.7. The molecule has 0 saturated heterocycles. The Bertz CT molecular complexity index is 277. The summed E-state index contributed by atoms with van der Waals surface area (Å²) in [7, 11) is 0. The summed E-state index contributed by atoms with van der Waals surface area (Å²) in [6, 6.07) is 0. The first-order valence-corrected chi connectivity index (χ1v) is 5.27. The molecule has 0 aliphatic carbocycles. The number of rotatable bonds is 3. The second kappa shape index (κ2) is 3.99. The molecule has 0 fully saturated rings. The number of halogens is 2. The lowest BCUT2D eigenvalue weighted by Crippen LogP contribution is -1.93. The minimum absolute atomic E-state index is 0.0590. The maximum Gasteiger partial charge on any atom is 0.314 e. The second-order valence-corrected chi connectivity index (χ2v) is 3.14. The number of nitro groups is 1. The van der Waals surface area contributed by atoms with Crippen LogP contribution in [-0.2, 0) is 10.7 Å². The van der Waals surface area contributed by atoms with Gasteiger partial charge in [-0.05, 0) is 0 Å². The van der Waals surface area contributed by atoms with Gasteiger partial charge >= 0.3 is 5.69 Å². The minimum Gasteiger partial charge on any atom is -0.274 e. The van der Waals surface area contributed by atoms with Crippen LogP contribution in [0.3, 0.4) is 0 Å². The van der Waals surface area contributed by atoms with Crippen molar-refractivity contribution in [1.29, 1.82) is 0 Å². The monoisotopic (exact) mass is 297 g/mol. The van der Waals surface area contributed by atoms with Crippen LogP contribution in [0.25, 0.3) is 0 Å². The van der Waals surface area contributed by atoms with Gasteiger partial charge in [0.05, 0.1) is 15.6 Å². The predicted octanol–water partition coefficient (Wildman–Crippen LogP) is 2.11. The van der Waals surface area contributed by atoms with Gasteiger partial charge in [0.1, 0.15) is 5.69 Å². The summed E-state index contributed by atoms with van der Waals surface area (Å²) in [4.78, 5) is 10.1. The summed E-state index contributed by atoms with van der Waals surface area (Å²) in [6.45, 7) is 0. The average Bonchev–Trinajstić information content (AvgIpc) is 2.46. The Kier molecular flexibility index (Phi) is 3.21. The van der Waals surface area contributed by atoms with Gasteiger partial charge in [-0.15, -0.1) is 0 Å². The highest BCUT2D eigenvalue weighted by molar-refractivity contribution is 9.08. The third kappa shape index (κ3) is 1.66. The van der Waals surface area contributed by atoms with E-state index in [0.717, 1.165) is 0 Å². The predicted molar refractivity (Wildman–Crippen MR) is 50.5 cm³/mol. The summed E-state index contributed by atoms with van der Waals surface area (Å²) >= 11 is 6.25. The van der Waals surface area contributed by atoms with Crippen LogP contribution >= 0.6 is 31.9 Å². The molecule has 1 rings (SSSR count). The first-order valence-electron chi connectivity index (χ1n) is 3.03. The van der Waals surface area contributed by atoms with Crippen molar-refractivity contribution in [3.05, 3.63) is 21.5 Å². The maximum atomic E-state index is 10.5. The first kappa shape index (κ1) is 9.66. The fourth-order valence-corrected chi connectivity index (χ4v) is 1.60. The molecule has 0 unspecified atom stereocenters. The number of nitrogens with zero attached hydrogens (tertiary/aromatic N) is 2. The van der Waals surface area contributed by atoms with E-state index in [-0.39, 0.29) is 5.69 Å². The van der Waals surface area contributed by atoms with Gasteiger partial charge in [-0.3, -0.25) is 15.2 Å². The largest absolute Gasteiger partial charge is 0.314 e. The van der Waals surface area contributed by atoms with Crippen molar-refractivity contribution in [2.75, 3.05) is 0 Å². The van der Waals surface area contributed by atoms with Gasteiger partial charge in [0.15, 0.2) is 5.69 Å². The normalized spacial score (nSPS) is 10.2. The molecule has 1 aromatic rings. The molecule has 5 nitrogen and oxygen atoms in total. The average molecular weight is 299 g/mol. The van der Waals surface area contributed by atoms with Gasteiger partial charge in [-0.2, -0.15) is 5.10 Å². The highest BCUT2D eigenvalue weighted by Crippen LogP contribution is 2.24. The Morgan fingerprint density at radius 1 is 1.50 bits per heavy atom. The molecule has 0 radical (unpaired) electrons. The van der Waals surface area contributed by atoms with Crippen molar-refractivity contribution in [2.45, 2.75) is 10.7 Å². The molecule has 0 aliphatic rings. The molecule has 66 valence electrons. The maximum absolute atomic E-state index is 10.5. The van der Waals surface area contributed by atoms with Crippen molar-refractivity contribution < 1.29 is 4.92 Å². The molecule has 0 amide bonds.